The fourth-order valence-electron chi connectivity index (χ4n) is 3.27. The van der Waals surface area contributed by atoms with E-state index in [1.807, 2.05) is 4.72 Å². The molecule has 2 N–H and O–H groups in total. The van der Waals surface area contributed by atoms with Gasteiger partial charge < -0.3 is 5.32 Å². The monoisotopic (exact) mass is 513 g/mol. The number of halogens is 4. The number of hydrogen-bond donors (Lipinski definition) is 2. The smallest absolute Gasteiger partial charge is 0.306 e. The van der Waals surface area contributed by atoms with E-state index in [1.165, 1.54) is 23.0 Å². The van der Waals surface area contributed by atoms with Crippen LogP contribution in [0.2, 0.25) is 0 Å². The Bertz CT molecular complexity index is 1350. The van der Waals surface area contributed by atoms with Crippen LogP contribution in [0.4, 0.5) is 28.0 Å². The van der Waals surface area contributed by atoms with Crippen molar-refractivity contribution < 1.29 is 30.8 Å². The topological polar surface area (TPSA) is 106 Å². The molecule has 0 fully saturated rings. The van der Waals surface area contributed by atoms with Gasteiger partial charge in [0.25, 0.3) is 10.0 Å². The number of alkyl halides is 3. The zero-order valence-corrected chi connectivity index (χ0v) is 20.0. The minimum Gasteiger partial charge on any atom is -0.306 e. The lowest BCUT2D eigenvalue weighted by Gasteiger charge is -2.19. The predicted octanol–water partition coefficient (Wildman–Crippen LogP) is 5.32. The number of amides is 2. The maximum Gasteiger partial charge on any atom is 0.433 e. The summed E-state index contributed by atoms with van der Waals surface area (Å²) in [5.41, 5.74) is -1.13. The number of urea groups is 1. The number of carbonyl (C=O) groups is 1. The van der Waals surface area contributed by atoms with Gasteiger partial charge in [0.1, 0.15) is 11.5 Å². The maximum absolute atomic E-state index is 14.4. The number of aromatic nitrogens is 3. The summed E-state index contributed by atoms with van der Waals surface area (Å²) in [6, 6.07) is 3.93. The van der Waals surface area contributed by atoms with Crippen molar-refractivity contribution in [2.24, 2.45) is 0 Å². The van der Waals surface area contributed by atoms with Gasteiger partial charge in [-0.3, -0.25) is 9.67 Å². The summed E-state index contributed by atoms with van der Waals surface area (Å²) >= 11 is 0. The molecule has 13 heteroatoms. The van der Waals surface area contributed by atoms with E-state index in [2.05, 4.69) is 15.4 Å². The minimum atomic E-state index is -4.75. The molecule has 8 nitrogen and oxygen atoms in total. The molecule has 0 saturated carbocycles. The van der Waals surface area contributed by atoms with E-state index >= 15 is 0 Å². The van der Waals surface area contributed by atoms with Gasteiger partial charge in [0.05, 0.1) is 5.69 Å². The second kappa shape index (κ2) is 9.64. The minimum absolute atomic E-state index is 0.0406. The number of anilines is 1. The average molecular weight is 514 g/mol. The molecule has 2 aromatic heterocycles. The lowest BCUT2D eigenvalue weighted by molar-refractivity contribution is -0.141. The van der Waals surface area contributed by atoms with Crippen LogP contribution in [-0.2, 0) is 16.2 Å². The number of carbonyl (C=O) groups excluding carboxylic acids is 1. The molecule has 1 aromatic carbocycles. The number of pyridine rings is 1. The van der Waals surface area contributed by atoms with E-state index in [9.17, 15) is 30.8 Å². The van der Waals surface area contributed by atoms with Crippen LogP contribution < -0.4 is 10.0 Å². The van der Waals surface area contributed by atoms with Crippen LogP contribution in [0.3, 0.4) is 0 Å². The summed E-state index contributed by atoms with van der Waals surface area (Å²) in [6.07, 6.45) is -2.39. The van der Waals surface area contributed by atoms with Gasteiger partial charge in [0, 0.05) is 24.0 Å². The van der Waals surface area contributed by atoms with E-state index in [0.717, 1.165) is 24.4 Å². The fourth-order valence-corrected chi connectivity index (χ4v) is 4.11. The summed E-state index contributed by atoms with van der Waals surface area (Å²) in [5, 5.41) is 5.89. The highest BCUT2D eigenvalue weighted by atomic mass is 32.2. The molecule has 2 amide bonds. The van der Waals surface area contributed by atoms with Gasteiger partial charge in [-0.2, -0.15) is 26.7 Å². The van der Waals surface area contributed by atoms with Gasteiger partial charge in [-0.15, -0.1) is 0 Å². The molecule has 0 bridgehead atoms. The van der Waals surface area contributed by atoms with Crippen LogP contribution in [0.1, 0.15) is 50.9 Å². The predicted molar refractivity (Wildman–Crippen MR) is 121 cm³/mol. The standard InChI is InChI=1S/C22H23F4N5O3S/c1-12(2)16-10-15(23)11-17(14-5-7-27-18(9-14)22(24,25)26)20(16)28-21(32)30-35(33,34)19-6-8-31(29-19)13(3)4/h5-13H,1-4H3,(H2,28,30,32). The molecular formula is C22H23F4N5O3S. The quantitative estimate of drug-likeness (QED) is 0.434. The Balaban J connectivity index is 2.01. The van der Waals surface area contributed by atoms with E-state index in [0.29, 0.717) is 0 Å². The van der Waals surface area contributed by atoms with Crippen molar-refractivity contribution in [2.75, 3.05) is 5.32 Å². The van der Waals surface area contributed by atoms with Crippen molar-refractivity contribution in [1.82, 2.24) is 19.5 Å². The average Bonchev–Trinajstić information content (AvgIpc) is 3.25. The third-order valence-corrected chi connectivity index (χ3v) is 6.19. The Labute approximate surface area is 199 Å². The SMILES string of the molecule is CC(C)c1cc(F)cc(-c2ccnc(C(F)(F)F)c2)c1NC(=O)NS(=O)(=O)c1ccn(C(C)C)n1. The Morgan fingerprint density at radius 2 is 1.77 bits per heavy atom. The fraction of sp³-hybridized carbons (Fsp3) is 0.318. The summed E-state index contributed by atoms with van der Waals surface area (Å²) in [6.45, 7) is 6.95. The summed E-state index contributed by atoms with van der Waals surface area (Å²) < 4.78 is 82.4. The van der Waals surface area contributed by atoms with Crippen molar-refractivity contribution >= 4 is 21.7 Å². The number of sulfonamides is 1. The highest BCUT2D eigenvalue weighted by Gasteiger charge is 2.33. The van der Waals surface area contributed by atoms with Crippen LogP contribution in [0.15, 0.2) is 47.8 Å². The largest absolute Gasteiger partial charge is 0.433 e. The lowest BCUT2D eigenvalue weighted by Crippen LogP contribution is -2.35. The van der Waals surface area contributed by atoms with Gasteiger partial charge in [0.15, 0.2) is 5.03 Å². The summed E-state index contributed by atoms with van der Waals surface area (Å²) in [4.78, 5) is 16.0. The van der Waals surface area contributed by atoms with Gasteiger partial charge >= 0.3 is 12.2 Å². The molecule has 2 heterocycles. The third kappa shape index (κ3) is 5.96. The normalized spacial score (nSPS) is 12.3. The molecule has 0 spiro atoms. The highest BCUT2D eigenvalue weighted by Crippen LogP contribution is 2.38. The first kappa shape index (κ1) is 26.1. The van der Waals surface area contributed by atoms with Crippen LogP contribution in [0.25, 0.3) is 11.1 Å². The van der Waals surface area contributed by atoms with Crippen molar-refractivity contribution in [3.63, 3.8) is 0 Å². The molecule has 0 aliphatic heterocycles. The van der Waals surface area contributed by atoms with Gasteiger partial charge in [-0.1, -0.05) is 13.8 Å². The molecule has 0 radical (unpaired) electrons. The van der Waals surface area contributed by atoms with E-state index in [-0.39, 0.29) is 34.3 Å². The Morgan fingerprint density at radius 3 is 2.34 bits per heavy atom. The third-order valence-electron chi connectivity index (χ3n) is 4.97. The zero-order valence-electron chi connectivity index (χ0n) is 19.2. The zero-order chi connectivity index (χ0) is 26.1. The Morgan fingerprint density at radius 1 is 1.09 bits per heavy atom. The van der Waals surface area contributed by atoms with Crippen molar-refractivity contribution in [1.29, 1.82) is 0 Å². The maximum atomic E-state index is 14.4. The Kier molecular flexibility index (Phi) is 7.20. The van der Waals surface area contributed by atoms with Crippen LogP contribution in [0, 0.1) is 5.82 Å². The molecule has 0 unspecified atom stereocenters. The Hall–Kier alpha value is -3.48. The van der Waals surface area contributed by atoms with Gasteiger partial charge in [0.2, 0.25) is 0 Å². The molecule has 0 atom stereocenters. The number of nitrogens with zero attached hydrogens (tertiary/aromatic N) is 3. The van der Waals surface area contributed by atoms with Crippen molar-refractivity contribution in [2.45, 2.75) is 50.9 Å². The molecular weight excluding hydrogens is 490 g/mol. The highest BCUT2D eigenvalue weighted by molar-refractivity contribution is 7.90. The first-order chi connectivity index (χ1) is 16.2. The van der Waals surface area contributed by atoms with Crippen LogP contribution >= 0.6 is 0 Å². The van der Waals surface area contributed by atoms with Crippen molar-refractivity contribution in [3.05, 3.63) is 59.8 Å². The second-order valence-corrected chi connectivity index (χ2v) is 9.92. The lowest BCUT2D eigenvalue weighted by atomic mass is 9.94. The van der Waals surface area contributed by atoms with E-state index in [1.54, 1.807) is 27.7 Å². The number of nitrogens with one attached hydrogen (secondary N) is 2. The van der Waals surface area contributed by atoms with Crippen LogP contribution in [0.5, 0.6) is 0 Å². The molecule has 188 valence electrons. The summed E-state index contributed by atoms with van der Waals surface area (Å²) in [5.74, 6) is -1.12. The number of benzene rings is 1. The van der Waals surface area contributed by atoms with E-state index in [4.69, 9.17) is 0 Å². The second-order valence-electron chi connectivity index (χ2n) is 8.29. The van der Waals surface area contributed by atoms with Crippen LogP contribution in [-0.4, -0.2) is 29.2 Å². The molecule has 35 heavy (non-hydrogen) atoms. The number of hydrogen-bond acceptors (Lipinski definition) is 5. The number of rotatable bonds is 6. The van der Waals surface area contributed by atoms with E-state index < -0.39 is 38.8 Å². The molecule has 0 aliphatic rings. The van der Waals surface area contributed by atoms with Gasteiger partial charge in [-0.25, -0.2) is 13.9 Å². The van der Waals surface area contributed by atoms with Crippen molar-refractivity contribution in [3.8, 4) is 11.1 Å². The first-order valence-electron chi connectivity index (χ1n) is 10.4. The first-order valence-corrected chi connectivity index (χ1v) is 11.9. The van der Waals surface area contributed by atoms with Gasteiger partial charge in [-0.05, 0) is 61.2 Å². The molecule has 0 saturated heterocycles. The molecule has 3 aromatic rings. The summed E-state index contributed by atoms with van der Waals surface area (Å²) in [7, 11) is -4.36. The molecule has 0 aliphatic carbocycles. The molecule has 3 rings (SSSR count).